The van der Waals surface area contributed by atoms with E-state index in [1.807, 2.05) is 53.4 Å². The molecule has 3 aromatic rings. The van der Waals surface area contributed by atoms with E-state index in [-0.39, 0.29) is 17.5 Å². The normalized spacial score (nSPS) is 14.2. The van der Waals surface area contributed by atoms with E-state index in [0.717, 1.165) is 43.9 Å². The van der Waals surface area contributed by atoms with E-state index in [2.05, 4.69) is 10.2 Å². The summed E-state index contributed by atoms with van der Waals surface area (Å²) in [5.74, 6) is 0.423. The number of rotatable bonds is 9. The third-order valence-corrected chi connectivity index (χ3v) is 7.52. The number of ether oxygens (including phenoxy) is 1. The molecular weight excluding hydrogens is 516 g/mol. The standard InChI is InChI=1S/C28H34N6O4S/c1-38-19-18-32-14-16-33(17-15-32)27(29)23-6-5-7-24(20-23)31-28(35)34(25-8-3-2-4-9-25)21-22-10-12-26(13-11-22)39(30,36)37/h2-13,20,29H,14-19,21H2,1H3,(H,31,35)(H2,30,36,37). The predicted molar refractivity (Wildman–Crippen MR) is 153 cm³/mol. The Morgan fingerprint density at radius 2 is 1.69 bits per heavy atom. The molecule has 39 heavy (non-hydrogen) atoms. The number of nitrogens with one attached hydrogen (secondary N) is 2. The Balaban J connectivity index is 1.46. The molecule has 0 saturated carbocycles. The van der Waals surface area contributed by atoms with Crippen molar-refractivity contribution >= 4 is 33.3 Å². The van der Waals surface area contributed by atoms with Gasteiger partial charge in [0.1, 0.15) is 5.84 Å². The smallest absolute Gasteiger partial charge is 0.326 e. The first kappa shape index (κ1) is 28.2. The number of amides is 2. The number of hydrogen-bond donors (Lipinski definition) is 3. The van der Waals surface area contributed by atoms with Crippen LogP contribution in [0, 0.1) is 5.41 Å². The van der Waals surface area contributed by atoms with Crippen LogP contribution in [0.25, 0.3) is 0 Å². The molecule has 0 spiro atoms. The van der Waals surface area contributed by atoms with E-state index >= 15 is 0 Å². The van der Waals surface area contributed by atoms with Crippen LogP contribution in [0.4, 0.5) is 16.2 Å². The van der Waals surface area contributed by atoms with E-state index in [1.165, 1.54) is 12.1 Å². The molecule has 3 aromatic carbocycles. The lowest BCUT2D eigenvalue weighted by atomic mass is 10.1. The number of primary sulfonamides is 1. The van der Waals surface area contributed by atoms with Gasteiger partial charge in [-0.25, -0.2) is 18.4 Å². The molecule has 2 amide bonds. The SMILES string of the molecule is COCCN1CCN(C(=N)c2cccc(NC(=O)N(Cc3ccc(S(N)(=O)=O)cc3)c3ccccc3)c2)CC1. The Kier molecular flexibility index (Phi) is 9.31. The van der Waals surface area contributed by atoms with E-state index in [4.69, 9.17) is 15.3 Å². The molecule has 1 fully saturated rings. The summed E-state index contributed by atoms with van der Waals surface area (Å²) in [5.41, 5.74) is 2.72. The van der Waals surface area contributed by atoms with Gasteiger partial charge in [0.25, 0.3) is 0 Å². The molecule has 0 bridgehead atoms. The second-order valence-corrected chi connectivity index (χ2v) is 10.9. The first-order chi connectivity index (χ1) is 18.7. The zero-order valence-electron chi connectivity index (χ0n) is 21.9. The van der Waals surface area contributed by atoms with Crippen LogP contribution in [0.1, 0.15) is 11.1 Å². The Labute approximate surface area is 229 Å². The number of piperazine rings is 1. The van der Waals surface area contributed by atoms with Gasteiger partial charge in [-0.15, -0.1) is 0 Å². The average molecular weight is 551 g/mol. The Morgan fingerprint density at radius 1 is 1.00 bits per heavy atom. The fourth-order valence-electron chi connectivity index (χ4n) is 4.39. The summed E-state index contributed by atoms with van der Waals surface area (Å²) in [7, 11) is -2.11. The van der Waals surface area contributed by atoms with E-state index in [1.54, 1.807) is 30.2 Å². The van der Waals surface area contributed by atoms with Gasteiger partial charge in [0.15, 0.2) is 0 Å². The first-order valence-corrected chi connectivity index (χ1v) is 14.2. The van der Waals surface area contributed by atoms with Crippen molar-refractivity contribution < 1.29 is 17.9 Å². The summed E-state index contributed by atoms with van der Waals surface area (Å²) in [6.45, 7) is 5.03. The van der Waals surface area contributed by atoms with Gasteiger partial charge in [-0.05, 0) is 42.0 Å². The monoisotopic (exact) mass is 550 g/mol. The van der Waals surface area contributed by atoms with Crippen LogP contribution < -0.4 is 15.4 Å². The average Bonchev–Trinajstić information content (AvgIpc) is 2.95. The highest BCUT2D eigenvalue weighted by Gasteiger charge is 2.21. The quantitative estimate of drug-likeness (QED) is 0.277. The molecule has 1 saturated heterocycles. The van der Waals surface area contributed by atoms with Crippen molar-refractivity contribution in [3.63, 3.8) is 0 Å². The second kappa shape index (κ2) is 12.9. The number of benzene rings is 3. The lowest BCUT2D eigenvalue weighted by Crippen LogP contribution is -2.49. The summed E-state index contributed by atoms with van der Waals surface area (Å²) >= 11 is 0. The number of amidine groups is 1. The molecule has 206 valence electrons. The van der Waals surface area contributed by atoms with Crippen LogP contribution in [0.15, 0.2) is 83.8 Å². The molecule has 11 heteroatoms. The van der Waals surface area contributed by atoms with Crippen molar-refractivity contribution in [2.75, 3.05) is 56.7 Å². The van der Waals surface area contributed by atoms with Crippen molar-refractivity contribution in [3.05, 3.63) is 90.0 Å². The zero-order chi connectivity index (χ0) is 27.8. The molecule has 0 aromatic heterocycles. The maximum atomic E-state index is 13.5. The van der Waals surface area contributed by atoms with E-state index < -0.39 is 10.0 Å². The van der Waals surface area contributed by atoms with Crippen molar-refractivity contribution in [3.8, 4) is 0 Å². The van der Waals surface area contributed by atoms with Crippen molar-refractivity contribution in [1.82, 2.24) is 9.80 Å². The number of para-hydroxylation sites is 1. The van der Waals surface area contributed by atoms with Crippen LogP contribution in [-0.2, 0) is 21.3 Å². The Bertz CT molecular complexity index is 1370. The minimum Gasteiger partial charge on any atom is -0.383 e. The lowest BCUT2D eigenvalue weighted by molar-refractivity contribution is 0.120. The molecule has 0 aliphatic carbocycles. The van der Waals surface area contributed by atoms with Crippen molar-refractivity contribution in [1.29, 1.82) is 5.41 Å². The number of methoxy groups -OCH3 is 1. The molecule has 1 heterocycles. The van der Waals surface area contributed by atoms with E-state index in [0.29, 0.717) is 23.8 Å². The van der Waals surface area contributed by atoms with Crippen LogP contribution >= 0.6 is 0 Å². The van der Waals surface area contributed by atoms with Gasteiger partial charge in [-0.3, -0.25) is 15.2 Å². The fraction of sp³-hybridized carbons (Fsp3) is 0.286. The maximum absolute atomic E-state index is 13.5. The molecule has 0 unspecified atom stereocenters. The van der Waals surface area contributed by atoms with Crippen LogP contribution in [0.5, 0.6) is 0 Å². The molecule has 1 aliphatic heterocycles. The van der Waals surface area contributed by atoms with Gasteiger partial charge in [-0.2, -0.15) is 0 Å². The number of hydrogen-bond acceptors (Lipinski definition) is 6. The largest absolute Gasteiger partial charge is 0.383 e. The highest BCUT2D eigenvalue weighted by molar-refractivity contribution is 7.89. The zero-order valence-corrected chi connectivity index (χ0v) is 22.7. The van der Waals surface area contributed by atoms with Crippen LogP contribution in [0.2, 0.25) is 0 Å². The maximum Gasteiger partial charge on any atom is 0.326 e. The van der Waals surface area contributed by atoms with Gasteiger partial charge >= 0.3 is 6.03 Å². The van der Waals surface area contributed by atoms with Gasteiger partial charge < -0.3 is 15.0 Å². The van der Waals surface area contributed by atoms with E-state index in [9.17, 15) is 13.2 Å². The number of carbonyl (C=O) groups excluding carboxylic acids is 1. The van der Waals surface area contributed by atoms with Crippen LogP contribution in [0.3, 0.4) is 0 Å². The molecular formula is C28H34N6O4S. The Morgan fingerprint density at radius 3 is 2.33 bits per heavy atom. The first-order valence-electron chi connectivity index (χ1n) is 12.6. The number of anilines is 2. The third-order valence-electron chi connectivity index (χ3n) is 6.59. The number of urea groups is 1. The molecule has 10 nitrogen and oxygen atoms in total. The van der Waals surface area contributed by atoms with Crippen molar-refractivity contribution in [2.24, 2.45) is 5.14 Å². The summed E-state index contributed by atoms with van der Waals surface area (Å²) < 4.78 is 28.4. The predicted octanol–water partition coefficient (Wildman–Crippen LogP) is 3.16. The molecule has 4 rings (SSSR count). The number of nitrogens with zero attached hydrogens (tertiary/aromatic N) is 3. The molecule has 0 atom stereocenters. The Hall–Kier alpha value is -3.77. The number of carbonyl (C=O) groups is 1. The highest BCUT2D eigenvalue weighted by Crippen LogP contribution is 2.21. The summed E-state index contributed by atoms with van der Waals surface area (Å²) in [6.07, 6.45) is 0. The number of sulfonamides is 1. The van der Waals surface area contributed by atoms with Gasteiger partial charge in [0.2, 0.25) is 10.0 Å². The van der Waals surface area contributed by atoms with Gasteiger partial charge in [-0.1, -0.05) is 42.5 Å². The second-order valence-electron chi connectivity index (χ2n) is 9.29. The topological polar surface area (TPSA) is 132 Å². The summed E-state index contributed by atoms with van der Waals surface area (Å²) in [5, 5.41) is 16.9. The summed E-state index contributed by atoms with van der Waals surface area (Å²) in [6, 6.07) is 22.3. The molecule has 0 radical (unpaired) electrons. The van der Waals surface area contributed by atoms with Crippen LogP contribution in [-0.4, -0.2) is 76.5 Å². The minimum atomic E-state index is -3.80. The van der Waals surface area contributed by atoms with Gasteiger partial charge in [0.05, 0.1) is 18.0 Å². The highest BCUT2D eigenvalue weighted by atomic mass is 32.2. The fourth-order valence-corrected chi connectivity index (χ4v) is 4.90. The van der Waals surface area contributed by atoms with Crippen molar-refractivity contribution in [2.45, 2.75) is 11.4 Å². The third kappa shape index (κ3) is 7.64. The lowest BCUT2D eigenvalue weighted by Gasteiger charge is -2.36. The minimum absolute atomic E-state index is 0.0117. The number of nitrogens with two attached hydrogens (primary N) is 1. The molecule has 1 aliphatic rings. The molecule has 4 N–H and O–H groups in total. The summed E-state index contributed by atoms with van der Waals surface area (Å²) in [4.78, 5) is 19.4. The van der Waals surface area contributed by atoms with Gasteiger partial charge in [0, 0.05) is 56.8 Å².